The van der Waals surface area contributed by atoms with Gasteiger partial charge in [-0.05, 0) is 48.7 Å². The molecule has 0 fully saturated rings. The molecule has 0 heterocycles. The molecule has 3 aromatic carbocycles. The van der Waals surface area contributed by atoms with Gasteiger partial charge in [0.15, 0.2) is 0 Å². The number of sulfonamides is 1. The summed E-state index contributed by atoms with van der Waals surface area (Å²) in [7, 11) is -2.18. The van der Waals surface area contributed by atoms with E-state index < -0.39 is 10.0 Å². The van der Waals surface area contributed by atoms with E-state index in [1.165, 1.54) is 4.31 Å². The minimum absolute atomic E-state index is 0.247. The van der Waals surface area contributed by atoms with Crippen molar-refractivity contribution in [2.24, 2.45) is 0 Å². The number of nitrogens with zero attached hydrogens (tertiary/aromatic N) is 1. The lowest BCUT2D eigenvalue weighted by atomic mass is 10.1. The Morgan fingerprint density at radius 3 is 2.19 bits per heavy atom. The van der Waals surface area contributed by atoms with Gasteiger partial charge in [0.1, 0.15) is 5.75 Å². The molecular weight excluding hydrogens is 358 g/mol. The molecule has 0 aliphatic heterocycles. The first-order valence-electron chi connectivity index (χ1n) is 8.70. The summed E-state index contributed by atoms with van der Waals surface area (Å²) in [6.07, 6.45) is 0. The molecule has 3 aromatic rings. The van der Waals surface area contributed by atoms with Crippen molar-refractivity contribution in [1.29, 1.82) is 0 Å². The molecule has 0 saturated heterocycles. The van der Waals surface area contributed by atoms with E-state index in [1.807, 2.05) is 50.2 Å². The van der Waals surface area contributed by atoms with Gasteiger partial charge in [-0.25, -0.2) is 8.42 Å². The van der Waals surface area contributed by atoms with E-state index >= 15 is 0 Å². The molecule has 0 aliphatic carbocycles. The number of rotatable bonds is 6. The maximum Gasteiger partial charge on any atom is 0.264 e. The van der Waals surface area contributed by atoms with Gasteiger partial charge in [-0.2, -0.15) is 0 Å². The fraction of sp³-hybridized carbons (Fsp3) is 0.182. The van der Waals surface area contributed by atoms with Gasteiger partial charge in [-0.3, -0.25) is 4.31 Å². The van der Waals surface area contributed by atoms with Gasteiger partial charge in [-0.1, -0.05) is 48.5 Å². The highest BCUT2D eigenvalue weighted by Gasteiger charge is 2.27. The number of hydrogen-bond acceptors (Lipinski definition) is 3. The molecule has 0 amide bonds. The monoisotopic (exact) mass is 381 g/mol. The van der Waals surface area contributed by atoms with Crippen LogP contribution >= 0.6 is 0 Å². The van der Waals surface area contributed by atoms with Crippen LogP contribution in [0.15, 0.2) is 77.7 Å². The number of methoxy groups -OCH3 is 1. The Kier molecular flexibility index (Phi) is 5.51. The van der Waals surface area contributed by atoms with E-state index in [0.717, 1.165) is 16.7 Å². The summed E-state index contributed by atoms with van der Waals surface area (Å²) in [6.45, 7) is 4.04. The molecule has 0 unspecified atom stereocenters. The summed E-state index contributed by atoms with van der Waals surface area (Å²) in [5.41, 5.74) is 3.29. The minimum Gasteiger partial charge on any atom is -0.497 e. The van der Waals surface area contributed by atoms with Crippen molar-refractivity contribution in [3.05, 3.63) is 89.5 Å². The van der Waals surface area contributed by atoms with Crippen LogP contribution in [0.1, 0.15) is 16.7 Å². The van der Waals surface area contributed by atoms with E-state index in [2.05, 4.69) is 0 Å². The van der Waals surface area contributed by atoms with E-state index in [9.17, 15) is 8.42 Å². The molecule has 0 aromatic heterocycles. The molecule has 4 nitrogen and oxygen atoms in total. The first-order chi connectivity index (χ1) is 12.9. The zero-order valence-corrected chi connectivity index (χ0v) is 16.5. The van der Waals surface area contributed by atoms with Crippen LogP contribution in [0.3, 0.4) is 0 Å². The SMILES string of the molecule is COc1cccc(N(Cc2ccccc2C)S(=O)(=O)c2ccccc2C)c1. The second kappa shape index (κ2) is 7.84. The van der Waals surface area contributed by atoms with Crippen molar-refractivity contribution in [2.45, 2.75) is 25.3 Å². The van der Waals surface area contributed by atoms with Crippen LogP contribution in [0.5, 0.6) is 5.75 Å². The molecule has 140 valence electrons. The van der Waals surface area contributed by atoms with Crippen LogP contribution in [-0.2, 0) is 16.6 Å². The van der Waals surface area contributed by atoms with E-state index in [0.29, 0.717) is 16.3 Å². The molecule has 0 radical (unpaired) electrons. The van der Waals surface area contributed by atoms with Crippen molar-refractivity contribution >= 4 is 15.7 Å². The Labute approximate surface area is 161 Å². The summed E-state index contributed by atoms with van der Waals surface area (Å²) in [5.74, 6) is 0.613. The molecule has 0 aliphatic rings. The third-order valence-electron chi connectivity index (χ3n) is 4.58. The first-order valence-corrected chi connectivity index (χ1v) is 10.1. The lowest BCUT2D eigenvalue weighted by molar-refractivity contribution is 0.415. The number of aryl methyl sites for hydroxylation is 2. The van der Waals surface area contributed by atoms with Crippen LogP contribution in [0.4, 0.5) is 5.69 Å². The second-order valence-electron chi connectivity index (χ2n) is 6.41. The highest BCUT2D eigenvalue weighted by molar-refractivity contribution is 7.92. The fourth-order valence-electron chi connectivity index (χ4n) is 2.99. The van der Waals surface area contributed by atoms with Crippen molar-refractivity contribution in [3.8, 4) is 5.75 Å². The summed E-state index contributed by atoms with van der Waals surface area (Å²) in [6, 6.07) is 22.0. The van der Waals surface area contributed by atoms with E-state index in [1.54, 1.807) is 43.5 Å². The lowest BCUT2D eigenvalue weighted by Gasteiger charge is -2.26. The molecule has 0 bridgehead atoms. The van der Waals surface area contributed by atoms with Gasteiger partial charge in [0.25, 0.3) is 10.0 Å². The zero-order chi connectivity index (χ0) is 19.4. The predicted octanol–water partition coefficient (Wildman–Crippen LogP) is 4.71. The van der Waals surface area contributed by atoms with Gasteiger partial charge in [-0.15, -0.1) is 0 Å². The van der Waals surface area contributed by atoms with Gasteiger partial charge >= 0.3 is 0 Å². The Morgan fingerprint density at radius 1 is 0.852 bits per heavy atom. The maximum atomic E-state index is 13.6. The Hall–Kier alpha value is -2.79. The van der Waals surface area contributed by atoms with Crippen molar-refractivity contribution in [1.82, 2.24) is 0 Å². The Morgan fingerprint density at radius 2 is 1.52 bits per heavy atom. The molecule has 27 heavy (non-hydrogen) atoms. The summed E-state index contributed by atoms with van der Waals surface area (Å²) >= 11 is 0. The molecule has 0 saturated carbocycles. The number of benzene rings is 3. The standard InChI is InChI=1S/C22H23NO3S/c1-17-9-4-6-11-19(17)16-23(20-12-8-13-21(15-20)26-3)27(24,25)22-14-7-5-10-18(22)2/h4-15H,16H2,1-3H3. The van der Waals surface area contributed by atoms with Gasteiger partial charge < -0.3 is 4.74 Å². The molecule has 5 heteroatoms. The first kappa shape index (κ1) is 19.0. The lowest BCUT2D eigenvalue weighted by Crippen LogP contribution is -2.31. The summed E-state index contributed by atoms with van der Waals surface area (Å²) in [5, 5.41) is 0. The number of hydrogen-bond donors (Lipinski definition) is 0. The normalized spacial score (nSPS) is 11.2. The smallest absolute Gasteiger partial charge is 0.264 e. The van der Waals surface area contributed by atoms with E-state index in [-0.39, 0.29) is 6.54 Å². The number of ether oxygens (including phenoxy) is 1. The van der Waals surface area contributed by atoms with Crippen LogP contribution in [0.2, 0.25) is 0 Å². The Bertz CT molecular complexity index is 1040. The third-order valence-corrected chi connectivity index (χ3v) is 6.51. The molecule has 0 spiro atoms. The van der Waals surface area contributed by atoms with Crippen molar-refractivity contribution in [2.75, 3.05) is 11.4 Å². The fourth-order valence-corrected chi connectivity index (χ4v) is 4.65. The maximum absolute atomic E-state index is 13.6. The zero-order valence-electron chi connectivity index (χ0n) is 15.7. The van der Waals surface area contributed by atoms with Crippen molar-refractivity contribution in [3.63, 3.8) is 0 Å². The molecule has 0 N–H and O–H groups in total. The van der Waals surface area contributed by atoms with Gasteiger partial charge in [0.2, 0.25) is 0 Å². The molecule has 0 atom stereocenters. The number of anilines is 1. The van der Waals surface area contributed by atoms with Crippen LogP contribution in [0, 0.1) is 13.8 Å². The predicted molar refractivity (Wildman–Crippen MR) is 109 cm³/mol. The average molecular weight is 381 g/mol. The quantitative estimate of drug-likeness (QED) is 0.621. The second-order valence-corrected chi connectivity index (χ2v) is 8.24. The summed E-state index contributed by atoms with van der Waals surface area (Å²) < 4.78 is 33.9. The third kappa shape index (κ3) is 3.98. The minimum atomic E-state index is -3.75. The average Bonchev–Trinajstić information content (AvgIpc) is 2.67. The van der Waals surface area contributed by atoms with Crippen LogP contribution in [-0.4, -0.2) is 15.5 Å². The van der Waals surface area contributed by atoms with Gasteiger partial charge in [0.05, 0.1) is 24.2 Å². The largest absolute Gasteiger partial charge is 0.497 e. The molecular formula is C22H23NO3S. The van der Waals surface area contributed by atoms with Crippen LogP contribution in [0.25, 0.3) is 0 Å². The highest BCUT2D eigenvalue weighted by atomic mass is 32.2. The summed E-state index contributed by atoms with van der Waals surface area (Å²) in [4.78, 5) is 0.307. The topological polar surface area (TPSA) is 46.6 Å². The molecule has 3 rings (SSSR count). The Balaban J connectivity index is 2.15. The van der Waals surface area contributed by atoms with Crippen LogP contribution < -0.4 is 9.04 Å². The van der Waals surface area contributed by atoms with Crippen molar-refractivity contribution < 1.29 is 13.2 Å². The highest BCUT2D eigenvalue weighted by Crippen LogP contribution is 2.30. The van der Waals surface area contributed by atoms with Gasteiger partial charge in [0, 0.05) is 6.07 Å². The van der Waals surface area contributed by atoms with E-state index in [4.69, 9.17) is 4.74 Å².